The SMILES string of the molecule is COCCOCCC(=O)CCCC(=O)N1Cc2ccccc2-c2nnn(CCOC(=O)CCCCCC(CC(C)(C)C)C(=O)C(C)(C)C)c2-c2ccccc21. The lowest BCUT2D eigenvalue weighted by Crippen LogP contribution is -2.31. The molecule has 1 amide bonds. The number of ether oxygens (including phenoxy) is 3. The predicted octanol–water partition coefficient (Wildman–Crippen LogP) is 8.41. The third kappa shape index (κ3) is 13.2. The fourth-order valence-electron chi connectivity index (χ4n) is 7.15. The number of esters is 1. The lowest BCUT2D eigenvalue weighted by molar-refractivity contribution is -0.144. The number of Topliss-reactive ketones (excluding diaryl/α,β-unsaturated/α-hetero) is 2. The summed E-state index contributed by atoms with van der Waals surface area (Å²) in [7, 11) is 1.60. The molecular weight excluding hydrogens is 697 g/mol. The summed E-state index contributed by atoms with van der Waals surface area (Å²) in [4.78, 5) is 54.0. The second-order valence-corrected chi connectivity index (χ2v) is 16.8. The van der Waals surface area contributed by atoms with Gasteiger partial charge in [0, 0.05) is 55.3 Å². The molecule has 0 spiro atoms. The quantitative estimate of drug-likeness (QED) is 0.0777. The van der Waals surface area contributed by atoms with Crippen molar-refractivity contribution in [3.63, 3.8) is 0 Å². The van der Waals surface area contributed by atoms with Gasteiger partial charge in [0.15, 0.2) is 0 Å². The highest BCUT2D eigenvalue weighted by Gasteiger charge is 2.32. The van der Waals surface area contributed by atoms with Crippen molar-refractivity contribution < 1.29 is 33.4 Å². The minimum Gasteiger partial charge on any atom is -0.464 e. The molecule has 2 heterocycles. The molecule has 1 aliphatic heterocycles. The summed E-state index contributed by atoms with van der Waals surface area (Å²) in [5, 5.41) is 9.10. The van der Waals surface area contributed by atoms with E-state index < -0.39 is 0 Å². The van der Waals surface area contributed by atoms with Crippen molar-refractivity contribution in [1.82, 2.24) is 15.0 Å². The van der Waals surface area contributed by atoms with E-state index in [-0.39, 0.29) is 47.4 Å². The van der Waals surface area contributed by atoms with Crippen molar-refractivity contribution in [1.29, 1.82) is 0 Å². The van der Waals surface area contributed by atoms with Crippen LogP contribution in [-0.2, 0) is 46.5 Å². The summed E-state index contributed by atoms with van der Waals surface area (Å²) in [6.07, 6.45) is 5.74. The highest BCUT2D eigenvalue weighted by atomic mass is 16.5. The first-order chi connectivity index (χ1) is 26.2. The van der Waals surface area contributed by atoms with E-state index in [0.29, 0.717) is 76.5 Å². The van der Waals surface area contributed by atoms with Crippen LogP contribution in [0.4, 0.5) is 5.69 Å². The fraction of sp³-hybridized carbons (Fsp3) is 0.591. The molecule has 2 aromatic carbocycles. The number of hydrogen-bond donors (Lipinski definition) is 0. The summed E-state index contributed by atoms with van der Waals surface area (Å²) in [6, 6.07) is 15.6. The fourth-order valence-corrected chi connectivity index (χ4v) is 7.15. The molecular formula is C44H62N4O7. The number of ketones is 2. The van der Waals surface area contributed by atoms with Gasteiger partial charge in [0.2, 0.25) is 5.91 Å². The van der Waals surface area contributed by atoms with Crippen LogP contribution in [0.25, 0.3) is 22.5 Å². The lowest BCUT2D eigenvalue weighted by Gasteiger charge is -2.30. The Bertz CT molecular complexity index is 1740. The molecule has 0 aliphatic carbocycles. The van der Waals surface area contributed by atoms with Gasteiger partial charge in [0.1, 0.15) is 23.9 Å². The number of methoxy groups -OCH3 is 1. The molecule has 0 radical (unpaired) electrons. The van der Waals surface area contributed by atoms with E-state index in [4.69, 9.17) is 14.2 Å². The van der Waals surface area contributed by atoms with Gasteiger partial charge in [-0.1, -0.05) is 102 Å². The molecule has 1 unspecified atom stereocenters. The maximum absolute atomic E-state index is 13.9. The minimum atomic E-state index is -0.368. The summed E-state index contributed by atoms with van der Waals surface area (Å²) < 4.78 is 17.8. The predicted molar refractivity (Wildman–Crippen MR) is 214 cm³/mol. The minimum absolute atomic E-state index is 0.0227. The molecule has 11 nitrogen and oxygen atoms in total. The van der Waals surface area contributed by atoms with Crippen molar-refractivity contribution in [3.05, 3.63) is 54.1 Å². The van der Waals surface area contributed by atoms with Crippen molar-refractivity contribution >= 4 is 29.1 Å². The second kappa shape index (κ2) is 20.6. The Morgan fingerprint density at radius 2 is 1.51 bits per heavy atom. The molecule has 3 aromatic rings. The Morgan fingerprint density at radius 1 is 0.782 bits per heavy atom. The van der Waals surface area contributed by atoms with E-state index in [2.05, 4.69) is 31.1 Å². The van der Waals surface area contributed by atoms with Gasteiger partial charge in [-0.3, -0.25) is 19.2 Å². The molecule has 0 fully saturated rings. The molecule has 55 heavy (non-hydrogen) atoms. The van der Waals surface area contributed by atoms with Gasteiger partial charge >= 0.3 is 5.97 Å². The number of amides is 1. The van der Waals surface area contributed by atoms with E-state index in [1.165, 1.54) is 0 Å². The molecule has 300 valence electrons. The van der Waals surface area contributed by atoms with Crippen LogP contribution in [0.5, 0.6) is 0 Å². The number of unbranched alkanes of at least 4 members (excludes halogenated alkanes) is 2. The number of nitrogens with zero attached hydrogens (tertiary/aromatic N) is 4. The first-order valence-corrected chi connectivity index (χ1v) is 19.9. The van der Waals surface area contributed by atoms with Crippen LogP contribution in [0.2, 0.25) is 0 Å². The standard InChI is InChI=1S/C44H62N4O7/c1-43(2,3)30-32(42(52)44(4,5)6)16-9-8-10-23-39(51)55-27-25-48-41-36-20-13-14-21-37(36)47(31-33-17-11-12-19-35(33)40(41)45-46-48)38(50)22-15-18-34(49)24-26-54-29-28-53-7/h11-14,17,19-21,32H,8-10,15-16,18,22-31H2,1-7H3. The molecule has 4 rings (SSSR count). The van der Waals surface area contributed by atoms with Crippen molar-refractivity contribution in [3.8, 4) is 22.5 Å². The van der Waals surface area contributed by atoms with Crippen molar-refractivity contribution in [2.75, 3.05) is 38.4 Å². The highest BCUT2D eigenvalue weighted by molar-refractivity contribution is 6.00. The number of fused-ring (bicyclic) bond motifs is 5. The van der Waals surface area contributed by atoms with E-state index in [1.54, 1.807) is 16.7 Å². The Labute approximate surface area is 327 Å². The van der Waals surface area contributed by atoms with Crippen LogP contribution in [0.1, 0.15) is 111 Å². The van der Waals surface area contributed by atoms with Gasteiger partial charge in [-0.2, -0.15) is 0 Å². The van der Waals surface area contributed by atoms with E-state index in [1.807, 2.05) is 69.3 Å². The smallest absolute Gasteiger partial charge is 0.305 e. The van der Waals surface area contributed by atoms with E-state index in [0.717, 1.165) is 53.8 Å². The monoisotopic (exact) mass is 758 g/mol. The van der Waals surface area contributed by atoms with E-state index in [9.17, 15) is 19.2 Å². The Morgan fingerprint density at radius 3 is 2.24 bits per heavy atom. The summed E-state index contributed by atoms with van der Waals surface area (Å²) in [5.41, 5.74) is 4.50. The van der Waals surface area contributed by atoms with Crippen LogP contribution in [0, 0.1) is 16.7 Å². The lowest BCUT2D eigenvalue weighted by atomic mass is 9.74. The maximum atomic E-state index is 13.9. The molecule has 11 heteroatoms. The molecule has 1 atom stereocenters. The van der Waals surface area contributed by atoms with Gasteiger partial charge in [-0.15, -0.1) is 5.10 Å². The normalized spacial score (nSPS) is 13.3. The van der Waals surface area contributed by atoms with Crippen LogP contribution >= 0.6 is 0 Å². The summed E-state index contributed by atoms with van der Waals surface area (Å²) >= 11 is 0. The third-order valence-electron chi connectivity index (χ3n) is 9.86. The maximum Gasteiger partial charge on any atom is 0.305 e. The van der Waals surface area contributed by atoms with Gasteiger partial charge in [0.25, 0.3) is 0 Å². The largest absolute Gasteiger partial charge is 0.464 e. The van der Waals surface area contributed by atoms with Crippen molar-refractivity contribution in [2.45, 2.75) is 119 Å². The average molecular weight is 759 g/mol. The number of rotatable bonds is 21. The number of para-hydroxylation sites is 1. The summed E-state index contributed by atoms with van der Waals surface area (Å²) in [5.74, 6) is 0.0642. The number of carbonyl (C=O) groups is 4. The van der Waals surface area contributed by atoms with Crippen LogP contribution in [0.15, 0.2) is 48.5 Å². The number of aromatic nitrogens is 3. The Balaban J connectivity index is 1.37. The first-order valence-electron chi connectivity index (χ1n) is 19.9. The Hall–Kier alpha value is -4.22. The first kappa shape index (κ1) is 43.5. The van der Waals surface area contributed by atoms with Gasteiger partial charge < -0.3 is 19.1 Å². The summed E-state index contributed by atoms with van der Waals surface area (Å²) in [6.45, 7) is 14.5. The number of benzene rings is 2. The molecule has 0 bridgehead atoms. The molecule has 0 saturated carbocycles. The van der Waals surface area contributed by atoms with Crippen LogP contribution in [-0.4, -0.2) is 72.0 Å². The molecule has 1 aromatic heterocycles. The Kier molecular flexibility index (Phi) is 16.3. The molecule has 0 N–H and O–H groups in total. The zero-order valence-corrected chi connectivity index (χ0v) is 34.2. The molecule has 0 saturated heterocycles. The zero-order chi connectivity index (χ0) is 40.0. The topological polar surface area (TPSA) is 130 Å². The van der Waals surface area contributed by atoms with Gasteiger partial charge in [-0.05, 0) is 42.7 Å². The van der Waals surface area contributed by atoms with Crippen molar-refractivity contribution in [2.24, 2.45) is 16.7 Å². The number of anilines is 1. The van der Waals surface area contributed by atoms with Gasteiger partial charge in [-0.25, -0.2) is 4.68 Å². The number of carbonyl (C=O) groups excluding carboxylic acids is 4. The van der Waals surface area contributed by atoms with Crippen LogP contribution in [0.3, 0.4) is 0 Å². The van der Waals surface area contributed by atoms with Gasteiger partial charge in [0.05, 0.1) is 44.3 Å². The zero-order valence-electron chi connectivity index (χ0n) is 34.2. The third-order valence-corrected chi connectivity index (χ3v) is 9.86. The van der Waals surface area contributed by atoms with Crippen LogP contribution < -0.4 is 4.90 Å². The highest BCUT2D eigenvalue weighted by Crippen LogP contribution is 2.41. The second-order valence-electron chi connectivity index (χ2n) is 16.8. The number of hydrogen-bond acceptors (Lipinski definition) is 9. The average Bonchev–Trinajstić information content (AvgIpc) is 3.54. The van der Waals surface area contributed by atoms with E-state index >= 15 is 0 Å². The molecule has 1 aliphatic rings.